The van der Waals surface area contributed by atoms with Crippen LogP contribution in [0.5, 0.6) is 0 Å². The monoisotopic (exact) mass is 232 g/mol. The highest BCUT2D eigenvalue weighted by Gasteiger charge is 2.07. The highest BCUT2D eigenvalue weighted by atomic mass is 16.3. The first-order valence-corrected chi connectivity index (χ1v) is 6.12. The Bertz CT molecular complexity index is 367. The standard InChI is InChI=1S/C14H20N2O/c1-3-14(17)12-6-8-13(9-7-12)16(4-2)11-5-10-15/h6-9,14,17H,3-5,11H2,1-2H3. The molecule has 1 aromatic carbocycles. The molecule has 0 radical (unpaired) electrons. The van der Waals surface area contributed by atoms with Crippen LogP contribution in [0.3, 0.4) is 0 Å². The summed E-state index contributed by atoms with van der Waals surface area (Å²) in [5.74, 6) is 0. The van der Waals surface area contributed by atoms with Gasteiger partial charge in [0.1, 0.15) is 0 Å². The summed E-state index contributed by atoms with van der Waals surface area (Å²) in [6, 6.07) is 10.1. The lowest BCUT2D eigenvalue weighted by molar-refractivity contribution is 0.173. The first kappa shape index (κ1) is 13.5. The molecule has 17 heavy (non-hydrogen) atoms. The molecule has 3 nitrogen and oxygen atoms in total. The number of hydrogen-bond acceptors (Lipinski definition) is 3. The van der Waals surface area contributed by atoms with E-state index in [-0.39, 0.29) is 6.10 Å². The molecule has 0 spiro atoms. The van der Waals surface area contributed by atoms with Crippen LogP contribution < -0.4 is 4.90 Å². The maximum atomic E-state index is 9.70. The average molecular weight is 232 g/mol. The van der Waals surface area contributed by atoms with Crippen molar-refractivity contribution < 1.29 is 5.11 Å². The molecule has 1 aromatic rings. The predicted molar refractivity (Wildman–Crippen MR) is 69.8 cm³/mol. The van der Waals surface area contributed by atoms with Gasteiger partial charge in [0.2, 0.25) is 0 Å². The Hall–Kier alpha value is -1.53. The largest absolute Gasteiger partial charge is 0.388 e. The van der Waals surface area contributed by atoms with Crippen molar-refractivity contribution in [3.05, 3.63) is 29.8 Å². The van der Waals surface area contributed by atoms with E-state index < -0.39 is 0 Å². The minimum atomic E-state index is -0.377. The predicted octanol–water partition coefficient (Wildman–Crippen LogP) is 2.87. The number of nitriles is 1. The van der Waals surface area contributed by atoms with Crippen molar-refractivity contribution in [2.75, 3.05) is 18.0 Å². The second kappa shape index (κ2) is 6.93. The Morgan fingerprint density at radius 2 is 1.94 bits per heavy atom. The van der Waals surface area contributed by atoms with Crippen LogP contribution >= 0.6 is 0 Å². The summed E-state index contributed by atoms with van der Waals surface area (Å²) >= 11 is 0. The van der Waals surface area contributed by atoms with Crippen molar-refractivity contribution in [2.24, 2.45) is 0 Å². The number of hydrogen-bond donors (Lipinski definition) is 1. The number of anilines is 1. The number of aliphatic hydroxyl groups is 1. The van der Waals surface area contributed by atoms with Gasteiger partial charge in [-0.2, -0.15) is 5.26 Å². The number of benzene rings is 1. The van der Waals surface area contributed by atoms with Crippen LogP contribution in [-0.2, 0) is 0 Å². The summed E-state index contributed by atoms with van der Waals surface area (Å²) in [4.78, 5) is 2.16. The molecule has 0 saturated carbocycles. The van der Waals surface area contributed by atoms with Gasteiger partial charge in [-0.25, -0.2) is 0 Å². The normalized spacial score (nSPS) is 11.9. The van der Waals surface area contributed by atoms with Gasteiger partial charge in [-0.05, 0) is 31.0 Å². The summed E-state index contributed by atoms with van der Waals surface area (Å²) in [6.45, 7) is 5.68. The van der Waals surface area contributed by atoms with Crippen molar-refractivity contribution in [1.82, 2.24) is 0 Å². The van der Waals surface area contributed by atoms with E-state index in [9.17, 15) is 5.11 Å². The van der Waals surface area contributed by atoms with Gasteiger partial charge in [0.05, 0.1) is 18.6 Å². The molecule has 1 unspecified atom stereocenters. The first-order chi connectivity index (χ1) is 8.22. The van der Waals surface area contributed by atoms with E-state index in [4.69, 9.17) is 5.26 Å². The summed E-state index contributed by atoms with van der Waals surface area (Å²) in [7, 11) is 0. The molecule has 0 heterocycles. The smallest absolute Gasteiger partial charge is 0.0787 e. The van der Waals surface area contributed by atoms with Gasteiger partial charge >= 0.3 is 0 Å². The minimum Gasteiger partial charge on any atom is -0.388 e. The fraction of sp³-hybridized carbons (Fsp3) is 0.500. The van der Waals surface area contributed by atoms with Gasteiger partial charge in [0.25, 0.3) is 0 Å². The molecule has 0 bridgehead atoms. The van der Waals surface area contributed by atoms with Gasteiger partial charge in [-0.3, -0.25) is 0 Å². The number of aliphatic hydroxyl groups excluding tert-OH is 1. The Kier molecular flexibility index (Phi) is 5.51. The number of rotatable bonds is 6. The van der Waals surface area contributed by atoms with E-state index in [1.165, 1.54) is 0 Å². The van der Waals surface area contributed by atoms with Gasteiger partial charge in [-0.1, -0.05) is 19.1 Å². The lowest BCUT2D eigenvalue weighted by Gasteiger charge is -2.22. The zero-order valence-electron chi connectivity index (χ0n) is 10.6. The summed E-state index contributed by atoms with van der Waals surface area (Å²) in [5, 5.41) is 18.3. The van der Waals surface area contributed by atoms with E-state index in [0.29, 0.717) is 6.42 Å². The second-order valence-corrected chi connectivity index (χ2v) is 4.00. The highest BCUT2D eigenvalue weighted by molar-refractivity contribution is 5.47. The van der Waals surface area contributed by atoms with Crippen molar-refractivity contribution in [3.8, 4) is 6.07 Å². The third kappa shape index (κ3) is 3.76. The minimum absolute atomic E-state index is 0.377. The molecule has 92 valence electrons. The van der Waals surface area contributed by atoms with Gasteiger partial charge in [-0.15, -0.1) is 0 Å². The van der Waals surface area contributed by atoms with Crippen molar-refractivity contribution in [3.63, 3.8) is 0 Å². The van der Waals surface area contributed by atoms with Crippen LogP contribution in [0.25, 0.3) is 0 Å². The maximum Gasteiger partial charge on any atom is 0.0787 e. The molecule has 0 fully saturated rings. The zero-order valence-corrected chi connectivity index (χ0v) is 10.6. The molecule has 1 N–H and O–H groups in total. The third-order valence-corrected chi connectivity index (χ3v) is 2.90. The summed E-state index contributed by atoms with van der Waals surface area (Å²) < 4.78 is 0. The molecular formula is C14H20N2O. The highest BCUT2D eigenvalue weighted by Crippen LogP contribution is 2.21. The lowest BCUT2D eigenvalue weighted by atomic mass is 10.1. The van der Waals surface area contributed by atoms with Crippen LogP contribution in [-0.4, -0.2) is 18.2 Å². The van der Waals surface area contributed by atoms with E-state index in [2.05, 4.69) is 17.9 Å². The molecule has 1 atom stereocenters. The summed E-state index contributed by atoms with van der Waals surface area (Å²) in [5.41, 5.74) is 2.06. The van der Waals surface area contributed by atoms with Crippen molar-refractivity contribution in [2.45, 2.75) is 32.8 Å². The molecular weight excluding hydrogens is 212 g/mol. The van der Waals surface area contributed by atoms with Crippen molar-refractivity contribution in [1.29, 1.82) is 5.26 Å². The molecule has 0 aliphatic rings. The second-order valence-electron chi connectivity index (χ2n) is 4.00. The topological polar surface area (TPSA) is 47.3 Å². The molecule has 0 amide bonds. The molecule has 1 rings (SSSR count). The average Bonchev–Trinajstić information content (AvgIpc) is 2.39. The zero-order chi connectivity index (χ0) is 12.7. The fourth-order valence-corrected chi connectivity index (χ4v) is 1.80. The number of nitrogens with zero attached hydrogens (tertiary/aromatic N) is 2. The van der Waals surface area contributed by atoms with E-state index in [1.54, 1.807) is 0 Å². The third-order valence-electron chi connectivity index (χ3n) is 2.90. The SMILES string of the molecule is CCC(O)c1ccc(N(CC)CCC#N)cc1. The maximum absolute atomic E-state index is 9.70. The van der Waals surface area contributed by atoms with E-state index >= 15 is 0 Å². The van der Waals surface area contributed by atoms with Gasteiger partial charge < -0.3 is 10.0 Å². The Morgan fingerprint density at radius 1 is 1.29 bits per heavy atom. The van der Waals surface area contributed by atoms with Crippen LogP contribution in [0.2, 0.25) is 0 Å². The molecule has 0 aliphatic carbocycles. The van der Waals surface area contributed by atoms with E-state index in [1.807, 2.05) is 31.2 Å². The molecule has 0 aliphatic heterocycles. The fourth-order valence-electron chi connectivity index (χ4n) is 1.80. The molecule has 3 heteroatoms. The lowest BCUT2D eigenvalue weighted by Crippen LogP contribution is -2.23. The Balaban J connectivity index is 2.74. The van der Waals surface area contributed by atoms with Crippen LogP contribution in [0.4, 0.5) is 5.69 Å². The molecule has 0 aromatic heterocycles. The van der Waals surface area contributed by atoms with Crippen LogP contribution in [0.15, 0.2) is 24.3 Å². The Morgan fingerprint density at radius 3 is 2.41 bits per heavy atom. The van der Waals surface area contributed by atoms with Crippen LogP contribution in [0, 0.1) is 11.3 Å². The van der Waals surface area contributed by atoms with Crippen molar-refractivity contribution >= 4 is 5.69 Å². The van der Waals surface area contributed by atoms with E-state index in [0.717, 1.165) is 30.8 Å². The Labute approximate surface area is 103 Å². The summed E-state index contributed by atoms with van der Waals surface area (Å²) in [6.07, 6.45) is 0.886. The molecule has 0 saturated heterocycles. The van der Waals surface area contributed by atoms with Gasteiger partial charge in [0.15, 0.2) is 0 Å². The van der Waals surface area contributed by atoms with Crippen LogP contribution in [0.1, 0.15) is 38.4 Å². The quantitative estimate of drug-likeness (QED) is 0.820. The van der Waals surface area contributed by atoms with Gasteiger partial charge in [0, 0.05) is 18.8 Å². The first-order valence-electron chi connectivity index (χ1n) is 6.12.